The number of thiazole rings is 1. The van der Waals surface area contributed by atoms with E-state index in [2.05, 4.69) is 18.8 Å². The van der Waals surface area contributed by atoms with Crippen LogP contribution in [0.25, 0.3) is 10.6 Å². The molecule has 0 aliphatic heterocycles. The Morgan fingerprint density at radius 1 is 1.47 bits per heavy atom. The van der Waals surface area contributed by atoms with Gasteiger partial charge < -0.3 is 0 Å². The van der Waals surface area contributed by atoms with Gasteiger partial charge >= 0.3 is 0 Å². The van der Waals surface area contributed by atoms with Gasteiger partial charge in [0, 0.05) is 5.38 Å². The van der Waals surface area contributed by atoms with E-state index in [0.29, 0.717) is 21.5 Å². The second-order valence-corrected chi connectivity index (χ2v) is 5.25. The van der Waals surface area contributed by atoms with Gasteiger partial charge in [-0.15, -0.1) is 11.3 Å². The quantitative estimate of drug-likeness (QED) is 0.754. The molecule has 0 amide bonds. The van der Waals surface area contributed by atoms with Crippen LogP contribution in [0, 0.1) is 5.82 Å². The molecule has 0 N–H and O–H groups in total. The molecule has 0 fully saturated rings. The highest BCUT2D eigenvalue weighted by molar-refractivity contribution is 7.13. The summed E-state index contributed by atoms with van der Waals surface area (Å²) in [6, 6.07) is 4.69. The smallest absolute Gasteiger partial charge is 0.134 e. The third-order valence-corrected chi connectivity index (χ3v) is 4.01. The van der Waals surface area contributed by atoms with E-state index in [-0.39, 0.29) is 5.82 Å². The SMILES string of the molecule is CCC(C)c1csc(-c2c(F)cccc2Cl)n1. The van der Waals surface area contributed by atoms with Gasteiger partial charge in [0.1, 0.15) is 10.8 Å². The maximum atomic E-state index is 13.7. The number of rotatable bonds is 3. The van der Waals surface area contributed by atoms with Crippen molar-refractivity contribution in [2.24, 2.45) is 0 Å². The fourth-order valence-corrected chi connectivity index (χ4v) is 2.85. The van der Waals surface area contributed by atoms with E-state index < -0.39 is 0 Å². The van der Waals surface area contributed by atoms with Gasteiger partial charge in [0.2, 0.25) is 0 Å². The second kappa shape index (κ2) is 5.15. The number of nitrogens with zero attached hydrogens (tertiary/aromatic N) is 1. The summed E-state index contributed by atoms with van der Waals surface area (Å²) in [6.45, 7) is 4.22. The molecule has 1 atom stereocenters. The van der Waals surface area contributed by atoms with Crippen molar-refractivity contribution in [3.63, 3.8) is 0 Å². The number of halogens is 2. The minimum Gasteiger partial charge on any atom is -0.241 e. The molecule has 0 aliphatic rings. The van der Waals surface area contributed by atoms with Crippen LogP contribution in [0.2, 0.25) is 5.02 Å². The van der Waals surface area contributed by atoms with Gasteiger partial charge in [-0.25, -0.2) is 9.37 Å². The third kappa shape index (κ3) is 2.50. The number of benzene rings is 1. The molecular weight excluding hydrogens is 257 g/mol. The monoisotopic (exact) mass is 269 g/mol. The van der Waals surface area contributed by atoms with E-state index in [1.165, 1.54) is 17.4 Å². The van der Waals surface area contributed by atoms with Crippen molar-refractivity contribution in [2.75, 3.05) is 0 Å². The first-order valence-electron chi connectivity index (χ1n) is 5.53. The fourth-order valence-electron chi connectivity index (χ4n) is 1.54. The van der Waals surface area contributed by atoms with Gasteiger partial charge in [-0.3, -0.25) is 0 Å². The summed E-state index contributed by atoms with van der Waals surface area (Å²) < 4.78 is 13.7. The minimum atomic E-state index is -0.317. The standard InChI is InChI=1S/C13H13ClFNS/c1-3-8(2)11-7-17-13(16-11)12-9(14)5-4-6-10(12)15/h4-8H,3H2,1-2H3. The lowest BCUT2D eigenvalue weighted by Gasteiger charge is -2.04. The molecule has 17 heavy (non-hydrogen) atoms. The first kappa shape index (κ1) is 12.5. The zero-order chi connectivity index (χ0) is 12.4. The van der Waals surface area contributed by atoms with Crippen LogP contribution in [0.5, 0.6) is 0 Å². The summed E-state index contributed by atoms with van der Waals surface area (Å²) >= 11 is 7.45. The lowest BCUT2D eigenvalue weighted by molar-refractivity contribution is 0.631. The van der Waals surface area contributed by atoms with E-state index in [1.54, 1.807) is 12.1 Å². The van der Waals surface area contributed by atoms with Crippen LogP contribution < -0.4 is 0 Å². The molecule has 0 aliphatic carbocycles. The van der Waals surface area contributed by atoms with Crippen LogP contribution in [-0.2, 0) is 0 Å². The third-order valence-electron chi connectivity index (χ3n) is 2.82. The van der Waals surface area contributed by atoms with E-state index in [1.807, 2.05) is 5.38 Å². The molecule has 0 spiro atoms. The Balaban J connectivity index is 2.44. The topological polar surface area (TPSA) is 12.9 Å². The van der Waals surface area contributed by atoms with E-state index in [0.717, 1.165) is 12.1 Å². The van der Waals surface area contributed by atoms with Crippen molar-refractivity contribution in [3.05, 3.63) is 40.1 Å². The largest absolute Gasteiger partial charge is 0.241 e. The molecule has 1 heterocycles. The Bertz CT molecular complexity index is 504. The maximum Gasteiger partial charge on any atom is 0.134 e. The van der Waals surface area contributed by atoms with Gasteiger partial charge in [0.05, 0.1) is 16.3 Å². The van der Waals surface area contributed by atoms with Crippen LogP contribution in [0.4, 0.5) is 4.39 Å². The maximum absolute atomic E-state index is 13.7. The highest BCUT2D eigenvalue weighted by Gasteiger charge is 2.15. The molecule has 1 aromatic carbocycles. The molecule has 4 heteroatoms. The summed E-state index contributed by atoms with van der Waals surface area (Å²) in [4.78, 5) is 4.47. The molecule has 0 saturated heterocycles. The molecule has 90 valence electrons. The fraction of sp³-hybridized carbons (Fsp3) is 0.308. The molecule has 0 bridgehead atoms. The van der Waals surface area contributed by atoms with Crippen molar-refractivity contribution >= 4 is 22.9 Å². The number of aromatic nitrogens is 1. The van der Waals surface area contributed by atoms with Crippen molar-refractivity contribution in [1.82, 2.24) is 4.98 Å². The van der Waals surface area contributed by atoms with Gasteiger partial charge in [-0.1, -0.05) is 31.5 Å². The predicted molar refractivity (Wildman–Crippen MR) is 71.2 cm³/mol. The van der Waals surface area contributed by atoms with Crippen LogP contribution in [0.15, 0.2) is 23.6 Å². The molecule has 2 rings (SSSR count). The lowest BCUT2D eigenvalue weighted by Crippen LogP contribution is -1.92. The summed E-state index contributed by atoms with van der Waals surface area (Å²) in [7, 11) is 0. The first-order valence-corrected chi connectivity index (χ1v) is 6.79. The average Bonchev–Trinajstić information content (AvgIpc) is 2.77. The van der Waals surface area contributed by atoms with Crippen LogP contribution >= 0.6 is 22.9 Å². The van der Waals surface area contributed by atoms with Crippen molar-refractivity contribution < 1.29 is 4.39 Å². The zero-order valence-electron chi connectivity index (χ0n) is 9.71. The van der Waals surface area contributed by atoms with Gasteiger partial charge in [-0.2, -0.15) is 0 Å². The van der Waals surface area contributed by atoms with Crippen molar-refractivity contribution in [3.8, 4) is 10.6 Å². The lowest BCUT2D eigenvalue weighted by atomic mass is 10.1. The van der Waals surface area contributed by atoms with E-state index in [9.17, 15) is 4.39 Å². The predicted octanol–water partition coefficient (Wildman–Crippen LogP) is 5.12. The van der Waals surface area contributed by atoms with Gasteiger partial charge in [-0.05, 0) is 24.5 Å². The Hall–Kier alpha value is -0.930. The average molecular weight is 270 g/mol. The second-order valence-electron chi connectivity index (χ2n) is 3.98. The summed E-state index contributed by atoms with van der Waals surface area (Å²) in [5.41, 5.74) is 1.42. The summed E-state index contributed by atoms with van der Waals surface area (Å²) in [5, 5.41) is 3.05. The number of hydrogen-bond acceptors (Lipinski definition) is 2. The molecule has 1 unspecified atom stereocenters. The van der Waals surface area contributed by atoms with Crippen molar-refractivity contribution in [2.45, 2.75) is 26.2 Å². The zero-order valence-corrected chi connectivity index (χ0v) is 11.3. The highest BCUT2D eigenvalue weighted by atomic mass is 35.5. The Labute approximate surface area is 109 Å². The molecule has 2 aromatic rings. The van der Waals surface area contributed by atoms with Crippen molar-refractivity contribution in [1.29, 1.82) is 0 Å². The van der Waals surface area contributed by atoms with Crippen LogP contribution in [0.3, 0.4) is 0 Å². The van der Waals surface area contributed by atoms with Gasteiger partial charge in [0.25, 0.3) is 0 Å². The normalized spacial score (nSPS) is 12.7. The Kier molecular flexibility index (Phi) is 3.79. The van der Waals surface area contributed by atoms with Gasteiger partial charge in [0.15, 0.2) is 0 Å². The molecule has 0 saturated carbocycles. The molecule has 1 nitrogen and oxygen atoms in total. The Morgan fingerprint density at radius 2 is 2.24 bits per heavy atom. The summed E-state index contributed by atoms with van der Waals surface area (Å²) in [6.07, 6.45) is 1.02. The molecular formula is C13H13ClFNS. The van der Waals surface area contributed by atoms with Crippen LogP contribution in [-0.4, -0.2) is 4.98 Å². The Morgan fingerprint density at radius 3 is 2.88 bits per heavy atom. The number of hydrogen-bond donors (Lipinski definition) is 0. The van der Waals surface area contributed by atoms with Crippen LogP contribution in [0.1, 0.15) is 31.9 Å². The summed E-state index contributed by atoms with van der Waals surface area (Å²) in [5.74, 6) is 0.0769. The molecule has 1 aromatic heterocycles. The molecule has 0 radical (unpaired) electrons. The van der Waals surface area contributed by atoms with E-state index >= 15 is 0 Å². The first-order chi connectivity index (χ1) is 8.13. The van der Waals surface area contributed by atoms with E-state index in [4.69, 9.17) is 11.6 Å². The highest BCUT2D eigenvalue weighted by Crippen LogP contribution is 2.34. The minimum absolute atomic E-state index is 0.317.